The van der Waals surface area contributed by atoms with Crippen LogP contribution in [0.25, 0.3) is 5.69 Å². The molecule has 0 atom stereocenters. The highest BCUT2D eigenvalue weighted by Gasteiger charge is 2.21. The minimum absolute atomic E-state index is 0.0318. The van der Waals surface area contributed by atoms with E-state index >= 15 is 0 Å². The van der Waals surface area contributed by atoms with Crippen molar-refractivity contribution in [2.75, 3.05) is 7.05 Å². The summed E-state index contributed by atoms with van der Waals surface area (Å²) in [6.07, 6.45) is 3.32. The number of halogens is 1. The molecule has 1 amide bonds. The van der Waals surface area contributed by atoms with Crippen molar-refractivity contribution in [2.24, 2.45) is 0 Å². The van der Waals surface area contributed by atoms with Crippen molar-refractivity contribution in [2.45, 2.75) is 26.3 Å². The molecule has 0 fully saturated rings. The average molecular weight is 368 g/mol. The summed E-state index contributed by atoms with van der Waals surface area (Å²) in [5.41, 5.74) is 3.41. The Bertz CT molecular complexity index is 889. The second-order valence-corrected chi connectivity index (χ2v) is 6.67. The Morgan fingerprint density at radius 3 is 2.50 bits per heavy atom. The summed E-state index contributed by atoms with van der Waals surface area (Å²) in [6, 6.07) is 17.5. The second-order valence-electron chi connectivity index (χ2n) is 6.26. The lowest BCUT2D eigenvalue weighted by atomic mass is 10.1. The molecule has 0 aliphatic rings. The number of carbonyl (C=O) groups excluding carboxylic acids is 1. The second kappa shape index (κ2) is 8.19. The molecular weight excluding hydrogens is 346 g/mol. The molecule has 5 heteroatoms. The van der Waals surface area contributed by atoms with Gasteiger partial charge in [-0.05, 0) is 24.1 Å². The van der Waals surface area contributed by atoms with Crippen LogP contribution in [0.1, 0.15) is 35.0 Å². The fourth-order valence-corrected chi connectivity index (χ4v) is 3.21. The predicted octanol–water partition coefficient (Wildman–Crippen LogP) is 4.75. The van der Waals surface area contributed by atoms with Crippen LogP contribution in [0.5, 0.6) is 0 Å². The molecule has 0 bridgehead atoms. The van der Waals surface area contributed by atoms with Gasteiger partial charge in [0.05, 0.1) is 28.2 Å². The molecule has 3 aromatic rings. The van der Waals surface area contributed by atoms with Gasteiger partial charge in [0.2, 0.25) is 0 Å². The number of aromatic nitrogens is 2. The van der Waals surface area contributed by atoms with Crippen LogP contribution in [-0.2, 0) is 13.0 Å². The van der Waals surface area contributed by atoms with E-state index in [1.807, 2.05) is 61.6 Å². The van der Waals surface area contributed by atoms with E-state index in [1.165, 1.54) is 0 Å². The van der Waals surface area contributed by atoms with E-state index in [0.717, 1.165) is 29.8 Å². The maximum Gasteiger partial charge on any atom is 0.257 e. The summed E-state index contributed by atoms with van der Waals surface area (Å²) in [5.74, 6) is -0.0318. The van der Waals surface area contributed by atoms with Crippen LogP contribution in [0.15, 0.2) is 60.8 Å². The summed E-state index contributed by atoms with van der Waals surface area (Å²) in [4.78, 5) is 14.7. The van der Waals surface area contributed by atoms with E-state index in [2.05, 4.69) is 12.0 Å². The van der Waals surface area contributed by atoms with Gasteiger partial charge in [0, 0.05) is 13.6 Å². The molecule has 0 saturated carbocycles. The Balaban J connectivity index is 1.92. The van der Waals surface area contributed by atoms with E-state index in [1.54, 1.807) is 15.8 Å². The first-order valence-electron chi connectivity index (χ1n) is 8.73. The predicted molar refractivity (Wildman–Crippen MR) is 105 cm³/mol. The highest BCUT2D eigenvalue weighted by Crippen LogP contribution is 2.24. The molecule has 0 saturated heterocycles. The van der Waals surface area contributed by atoms with Gasteiger partial charge in [-0.3, -0.25) is 4.79 Å². The number of benzene rings is 2. The van der Waals surface area contributed by atoms with Gasteiger partial charge < -0.3 is 4.90 Å². The Hall–Kier alpha value is -2.59. The Kier molecular flexibility index (Phi) is 5.74. The maximum absolute atomic E-state index is 13.0. The van der Waals surface area contributed by atoms with E-state index in [4.69, 9.17) is 11.6 Å². The van der Waals surface area contributed by atoms with E-state index in [0.29, 0.717) is 17.1 Å². The number of hydrogen-bond donors (Lipinski definition) is 0. The molecule has 0 unspecified atom stereocenters. The molecule has 2 aromatic carbocycles. The molecule has 0 radical (unpaired) electrons. The highest BCUT2D eigenvalue weighted by molar-refractivity contribution is 6.32. The molecule has 0 spiro atoms. The van der Waals surface area contributed by atoms with Crippen LogP contribution in [0.3, 0.4) is 0 Å². The molecule has 0 aliphatic heterocycles. The highest BCUT2D eigenvalue weighted by atomic mass is 35.5. The fourth-order valence-electron chi connectivity index (χ4n) is 3.00. The van der Waals surface area contributed by atoms with Crippen molar-refractivity contribution in [1.82, 2.24) is 14.7 Å². The van der Waals surface area contributed by atoms with Crippen LogP contribution in [0, 0.1) is 0 Å². The number of hydrogen-bond acceptors (Lipinski definition) is 2. The molecule has 3 rings (SSSR count). The summed E-state index contributed by atoms with van der Waals surface area (Å²) < 4.78 is 1.79. The molecule has 26 heavy (non-hydrogen) atoms. The largest absolute Gasteiger partial charge is 0.337 e. The van der Waals surface area contributed by atoms with Gasteiger partial charge in [0.15, 0.2) is 0 Å². The van der Waals surface area contributed by atoms with Gasteiger partial charge in [-0.1, -0.05) is 67.4 Å². The van der Waals surface area contributed by atoms with E-state index in [-0.39, 0.29) is 5.91 Å². The lowest BCUT2D eigenvalue weighted by molar-refractivity contribution is 0.0784. The van der Waals surface area contributed by atoms with Crippen LogP contribution >= 0.6 is 11.6 Å². The monoisotopic (exact) mass is 367 g/mol. The molecular formula is C21H22ClN3O. The van der Waals surface area contributed by atoms with Gasteiger partial charge in [-0.25, -0.2) is 4.68 Å². The third-order valence-corrected chi connectivity index (χ3v) is 4.60. The van der Waals surface area contributed by atoms with Crippen molar-refractivity contribution in [1.29, 1.82) is 0 Å². The van der Waals surface area contributed by atoms with Crippen molar-refractivity contribution in [3.05, 3.63) is 82.6 Å². The quantitative estimate of drug-likeness (QED) is 0.630. The summed E-state index contributed by atoms with van der Waals surface area (Å²) in [7, 11) is 1.82. The zero-order valence-electron chi connectivity index (χ0n) is 15.0. The molecule has 134 valence electrons. The molecule has 1 aromatic heterocycles. The molecule has 4 nitrogen and oxygen atoms in total. The standard InChI is InChI=1S/C21H22ClN3O/c1-3-9-19-17(14-23-25(19)20-13-8-7-12-18(20)22)21(26)24(2)15-16-10-5-4-6-11-16/h4-8,10-14H,3,9,15H2,1-2H3. The SMILES string of the molecule is CCCc1c(C(=O)N(C)Cc2ccccc2)cnn1-c1ccccc1Cl. The minimum Gasteiger partial charge on any atom is -0.337 e. The van der Waals surface area contributed by atoms with Gasteiger partial charge >= 0.3 is 0 Å². The zero-order chi connectivity index (χ0) is 18.5. The van der Waals surface area contributed by atoms with Crippen molar-refractivity contribution in [3.8, 4) is 5.69 Å². The third-order valence-electron chi connectivity index (χ3n) is 4.28. The summed E-state index contributed by atoms with van der Waals surface area (Å²) >= 11 is 6.33. The number of para-hydroxylation sites is 1. The van der Waals surface area contributed by atoms with Crippen LogP contribution in [0.4, 0.5) is 0 Å². The Morgan fingerprint density at radius 1 is 1.12 bits per heavy atom. The third kappa shape index (κ3) is 3.81. The molecule has 0 aliphatic carbocycles. The lowest BCUT2D eigenvalue weighted by Crippen LogP contribution is -2.27. The first kappa shape index (κ1) is 18.2. The number of amides is 1. The maximum atomic E-state index is 13.0. The van der Waals surface area contributed by atoms with Gasteiger partial charge in [0.1, 0.15) is 0 Å². The molecule has 1 heterocycles. The van der Waals surface area contributed by atoms with Gasteiger partial charge in [-0.15, -0.1) is 0 Å². The van der Waals surface area contributed by atoms with Gasteiger partial charge in [0.25, 0.3) is 5.91 Å². The number of nitrogens with zero attached hydrogens (tertiary/aromatic N) is 3. The van der Waals surface area contributed by atoms with Crippen molar-refractivity contribution < 1.29 is 4.79 Å². The van der Waals surface area contributed by atoms with Crippen LogP contribution < -0.4 is 0 Å². The average Bonchev–Trinajstić information content (AvgIpc) is 3.06. The fraction of sp³-hybridized carbons (Fsp3) is 0.238. The smallest absolute Gasteiger partial charge is 0.257 e. The van der Waals surface area contributed by atoms with E-state index in [9.17, 15) is 4.79 Å². The Morgan fingerprint density at radius 2 is 1.81 bits per heavy atom. The first-order valence-corrected chi connectivity index (χ1v) is 9.10. The minimum atomic E-state index is -0.0318. The molecule has 0 N–H and O–H groups in total. The topological polar surface area (TPSA) is 38.1 Å². The summed E-state index contributed by atoms with van der Waals surface area (Å²) in [5, 5.41) is 5.08. The van der Waals surface area contributed by atoms with Crippen LogP contribution in [-0.4, -0.2) is 27.6 Å². The summed E-state index contributed by atoms with van der Waals surface area (Å²) in [6.45, 7) is 2.65. The normalized spacial score (nSPS) is 10.7. The first-order chi connectivity index (χ1) is 12.6. The van der Waals surface area contributed by atoms with Crippen LogP contribution in [0.2, 0.25) is 5.02 Å². The van der Waals surface area contributed by atoms with Gasteiger partial charge in [-0.2, -0.15) is 5.10 Å². The van der Waals surface area contributed by atoms with Crippen molar-refractivity contribution >= 4 is 17.5 Å². The van der Waals surface area contributed by atoms with E-state index < -0.39 is 0 Å². The lowest BCUT2D eigenvalue weighted by Gasteiger charge is -2.18. The zero-order valence-corrected chi connectivity index (χ0v) is 15.8. The Labute approximate surface area is 159 Å². The number of rotatable bonds is 6. The number of carbonyl (C=O) groups is 1. The van der Waals surface area contributed by atoms with Crippen molar-refractivity contribution in [3.63, 3.8) is 0 Å².